The maximum Gasteiger partial charge on any atom is 0.149 e. The van der Waals surface area contributed by atoms with Crippen LogP contribution in [-0.4, -0.2) is 9.97 Å². The molecule has 0 saturated heterocycles. The quantitative estimate of drug-likeness (QED) is 0.709. The van der Waals surface area contributed by atoms with Crippen molar-refractivity contribution in [2.45, 2.75) is 6.92 Å². The van der Waals surface area contributed by atoms with Gasteiger partial charge in [0.2, 0.25) is 0 Å². The molecule has 0 fully saturated rings. The van der Waals surface area contributed by atoms with Gasteiger partial charge in [-0.1, -0.05) is 42.5 Å². The SMILES string of the molecule is Cc1cccc2[nH]c(C(C#N)=Cc3ccccc3)nc12. The summed E-state index contributed by atoms with van der Waals surface area (Å²) < 4.78 is 0. The number of benzene rings is 2. The van der Waals surface area contributed by atoms with Gasteiger partial charge in [0.1, 0.15) is 11.9 Å². The minimum absolute atomic E-state index is 0.534. The summed E-state index contributed by atoms with van der Waals surface area (Å²) in [6, 6.07) is 18.0. The topological polar surface area (TPSA) is 52.5 Å². The van der Waals surface area contributed by atoms with Crippen LogP contribution < -0.4 is 0 Å². The first kappa shape index (κ1) is 12.2. The van der Waals surface area contributed by atoms with Gasteiger partial charge < -0.3 is 4.98 Å². The average Bonchev–Trinajstić information content (AvgIpc) is 2.91. The van der Waals surface area contributed by atoms with E-state index in [2.05, 4.69) is 16.0 Å². The lowest BCUT2D eigenvalue weighted by Crippen LogP contribution is -1.84. The molecule has 1 N–H and O–H groups in total. The van der Waals surface area contributed by atoms with Crippen molar-refractivity contribution >= 4 is 22.7 Å². The van der Waals surface area contributed by atoms with E-state index in [1.165, 1.54) is 0 Å². The summed E-state index contributed by atoms with van der Waals surface area (Å²) >= 11 is 0. The molecule has 0 radical (unpaired) electrons. The van der Waals surface area contributed by atoms with Crippen molar-refractivity contribution in [3.63, 3.8) is 0 Å². The van der Waals surface area contributed by atoms with Gasteiger partial charge in [-0.3, -0.25) is 0 Å². The number of H-pyrrole nitrogens is 1. The molecule has 0 saturated carbocycles. The van der Waals surface area contributed by atoms with Gasteiger partial charge in [0, 0.05) is 0 Å². The van der Waals surface area contributed by atoms with Gasteiger partial charge in [0.15, 0.2) is 0 Å². The van der Waals surface area contributed by atoms with Gasteiger partial charge >= 0.3 is 0 Å². The van der Waals surface area contributed by atoms with E-state index in [-0.39, 0.29) is 0 Å². The van der Waals surface area contributed by atoms with Crippen molar-refractivity contribution in [3.8, 4) is 6.07 Å². The number of rotatable bonds is 2. The zero-order chi connectivity index (χ0) is 13.9. The average molecular weight is 259 g/mol. The molecule has 0 bridgehead atoms. The van der Waals surface area contributed by atoms with Crippen LogP contribution in [-0.2, 0) is 0 Å². The van der Waals surface area contributed by atoms with Crippen LogP contribution in [0, 0.1) is 18.3 Å². The normalized spacial score (nSPS) is 11.5. The van der Waals surface area contributed by atoms with Gasteiger partial charge in [-0.15, -0.1) is 0 Å². The second-order valence-corrected chi connectivity index (χ2v) is 4.64. The first-order valence-electron chi connectivity index (χ1n) is 6.40. The molecule has 20 heavy (non-hydrogen) atoms. The fourth-order valence-corrected chi connectivity index (χ4v) is 2.17. The number of aryl methyl sites for hydroxylation is 1. The van der Waals surface area contributed by atoms with Gasteiger partial charge in [-0.05, 0) is 30.2 Å². The number of hydrogen-bond acceptors (Lipinski definition) is 2. The molecule has 3 aromatic rings. The predicted molar refractivity (Wildman–Crippen MR) is 80.8 cm³/mol. The fraction of sp³-hybridized carbons (Fsp3) is 0.0588. The highest BCUT2D eigenvalue weighted by Crippen LogP contribution is 2.21. The monoisotopic (exact) mass is 259 g/mol. The molecule has 3 nitrogen and oxygen atoms in total. The highest BCUT2D eigenvalue weighted by atomic mass is 14.9. The number of fused-ring (bicyclic) bond motifs is 1. The fourth-order valence-electron chi connectivity index (χ4n) is 2.17. The Morgan fingerprint density at radius 2 is 1.95 bits per heavy atom. The van der Waals surface area contributed by atoms with E-state index in [9.17, 15) is 5.26 Å². The smallest absolute Gasteiger partial charge is 0.149 e. The van der Waals surface area contributed by atoms with E-state index in [1.54, 1.807) is 0 Å². The van der Waals surface area contributed by atoms with Crippen molar-refractivity contribution in [1.29, 1.82) is 5.26 Å². The van der Waals surface area contributed by atoms with Crippen LogP contribution in [0.3, 0.4) is 0 Å². The Bertz CT molecular complexity index is 820. The molecule has 0 amide bonds. The van der Waals surface area contributed by atoms with Crippen LogP contribution in [0.15, 0.2) is 48.5 Å². The lowest BCUT2D eigenvalue weighted by atomic mass is 10.1. The minimum atomic E-state index is 0.534. The summed E-state index contributed by atoms with van der Waals surface area (Å²) in [7, 11) is 0. The minimum Gasteiger partial charge on any atom is -0.337 e. The highest BCUT2D eigenvalue weighted by Gasteiger charge is 2.08. The molecule has 0 aliphatic heterocycles. The molecule has 0 aliphatic rings. The van der Waals surface area contributed by atoms with Crippen molar-refractivity contribution in [1.82, 2.24) is 9.97 Å². The molecule has 96 valence electrons. The first-order valence-corrected chi connectivity index (χ1v) is 6.40. The van der Waals surface area contributed by atoms with E-state index in [0.717, 1.165) is 22.2 Å². The Morgan fingerprint density at radius 3 is 2.65 bits per heavy atom. The molecule has 1 heterocycles. The zero-order valence-electron chi connectivity index (χ0n) is 11.1. The van der Waals surface area contributed by atoms with Gasteiger partial charge in [-0.2, -0.15) is 5.26 Å². The van der Waals surface area contributed by atoms with Crippen LogP contribution in [0.5, 0.6) is 0 Å². The van der Waals surface area contributed by atoms with E-state index in [0.29, 0.717) is 11.4 Å². The molecule has 3 heteroatoms. The second-order valence-electron chi connectivity index (χ2n) is 4.64. The number of imidazole rings is 1. The second kappa shape index (κ2) is 5.02. The number of aromatic amines is 1. The summed E-state index contributed by atoms with van der Waals surface area (Å²) in [5, 5.41) is 9.36. The predicted octanol–water partition coefficient (Wildman–Crippen LogP) is 3.94. The van der Waals surface area contributed by atoms with Gasteiger partial charge in [0.25, 0.3) is 0 Å². The Balaban J connectivity index is 2.11. The van der Waals surface area contributed by atoms with E-state index in [4.69, 9.17) is 0 Å². The first-order chi connectivity index (χ1) is 9.78. The maximum absolute atomic E-state index is 9.36. The van der Waals surface area contributed by atoms with Crippen molar-refractivity contribution in [3.05, 3.63) is 65.5 Å². The molecule has 0 spiro atoms. The van der Waals surface area contributed by atoms with Gasteiger partial charge in [0.05, 0.1) is 16.6 Å². The Hall–Kier alpha value is -2.86. The van der Waals surface area contributed by atoms with Crippen molar-refractivity contribution in [2.24, 2.45) is 0 Å². The summed E-state index contributed by atoms with van der Waals surface area (Å²) in [6.45, 7) is 2.01. The van der Waals surface area contributed by atoms with E-state index >= 15 is 0 Å². The lowest BCUT2D eigenvalue weighted by molar-refractivity contribution is 1.27. The third-order valence-electron chi connectivity index (χ3n) is 3.20. The number of allylic oxidation sites excluding steroid dienone is 1. The van der Waals surface area contributed by atoms with Crippen molar-refractivity contribution < 1.29 is 0 Å². The standard InChI is InChI=1S/C17H13N3/c1-12-6-5-9-15-16(12)20-17(19-15)14(11-18)10-13-7-3-2-4-8-13/h2-10H,1H3,(H,19,20). The summed E-state index contributed by atoms with van der Waals surface area (Å²) in [4.78, 5) is 7.74. The summed E-state index contributed by atoms with van der Waals surface area (Å²) in [6.07, 6.45) is 1.84. The van der Waals surface area contributed by atoms with Crippen LogP contribution in [0.2, 0.25) is 0 Å². The molecule has 2 aromatic carbocycles. The number of nitrogens with zero attached hydrogens (tertiary/aromatic N) is 2. The molecular weight excluding hydrogens is 246 g/mol. The molecule has 3 rings (SSSR count). The number of aromatic nitrogens is 2. The van der Waals surface area contributed by atoms with Crippen LogP contribution >= 0.6 is 0 Å². The van der Waals surface area contributed by atoms with Crippen molar-refractivity contribution in [2.75, 3.05) is 0 Å². The summed E-state index contributed by atoms with van der Waals surface area (Å²) in [5.74, 6) is 0.612. The number of nitrogens with one attached hydrogen (secondary N) is 1. The van der Waals surface area contributed by atoms with E-state index in [1.807, 2.05) is 61.5 Å². The molecule has 0 unspecified atom stereocenters. The Kier molecular flexibility index (Phi) is 3.06. The Morgan fingerprint density at radius 1 is 1.15 bits per heavy atom. The molecule has 0 atom stereocenters. The van der Waals surface area contributed by atoms with Crippen LogP contribution in [0.25, 0.3) is 22.7 Å². The largest absolute Gasteiger partial charge is 0.337 e. The summed E-state index contributed by atoms with van der Waals surface area (Å²) in [5.41, 5.74) is 4.49. The molecule has 1 aromatic heterocycles. The Labute approximate surface area is 117 Å². The number of nitriles is 1. The maximum atomic E-state index is 9.36. The van der Waals surface area contributed by atoms with Crippen LogP contribution in [0.4, 0.5) is 0 Å². The highest BCUT2D eigenvalue weighted by molar-refractivity contribution is 5.90. The third kappa shape index (κ3) is 2.19. The number of para-hydroxylation sites is 1. The number of hydrogen-bond donors (Lipinski definition) is 1. The third-order valence-corrected chi connectivity index (χ3v) is 3.20. The van der Waals surface area contributed by atoms with Gasteiger partial charge in [-0.25, -0.2) is 4.98 Å². The zero-order valence-corrected chi connectivity index (χ0v) is 11.1. The molecule has 0 aliphatic carbocycles. The van der Waals surface area contributed by atoms with E-state index < -0.39 is 0 Å². The molecular formula is C17H13N3. The van der Waals surface area contributed by atoms with Crippen LogP contribution in [0.1, 0.15) is 17.0 Å². The lowest BCUT2D eigenvalue weighted by Gasteiger charge is -1.94.